The minimum Gasteiger partial charge on any atom is -0.337 e. The third kappa shape index (κ3) is 4.01. The van der Waals surface area contributed by atoms with Crippen LogP contribution in [-0.4, -0.2) is 33.4 Å². The van der Waals surface area contributed by atoms with E-state index in [4.69, 9.17) is 0 Å². The number of unbranched alkanes of at least 4 members (excludes halogenated alkanes) is 1. The van der Waals surface area contributed by atoms with Crippen LogP contribution in [0.1, 0.15) is 32.3 Å². The van der Waals surface area contributed by atoms with Crippen molar-refractivity contribution >= 4 is 27.6 Å². The van der Waals surface area contributed by atoms with Gasteiger partial charge in [0.25, 0.3) is 10.0 Å². The molecular weight excluding hydrogens is 318 g/mol. The van der Waals surface area contributed by atoms with E-state index in [0.29, 0.717) is 19.5 Å². The van der Waals surface area contributed by atoms with Gasteiger partial charge in [-0.05, 0) is 36.6 Å². The number of urea groups is 1. The van der Waals surface area contributed by atoms with Gasteiger partial charge in [0.2, 0.25) is 5.91 Å². The smallest absolute Gasteiger partial charge is 0.328 e. The van der Waals surface area contributed by atoms with Gasteiger partial charge in [0.05, 0.1) is 4.90 Å². The zero-order valence-corrected chi connectivity index (χ0v) is 14.1. The summed E-state index contributed by atoms with van der Waals surface area (Å²) in [6.45, 7) is 4.42. The molecule has 2 N–H and O–H groups in total. The number of hydrogen-bond donors (Lipinski definition) is 2. The minimum absolute atomic E-state index is 0.0206. The summed E-state index contributed by atoms with van der Waals surface area (Å²) in [4.78, 5) is 24.8. The van der Waals surface area contributed by atoms with Gasteiger partial charge in [0, 0.05) is 25.7 Å². The highest BCUT2D eigenvalue weighted by atomic mass is 32.2. The van der Waals surface area contributed by atoms with Crippen LogP contribution in [0, 0.1) is 0 Å². The molecule has 126 valence electrons. The van der Waals surface area contributed by atoms with Crippen LogP contribution in [0.15, 0.2) is 23.1 Å². The lowest BCUT2D eigenvalue weighted by atomic mass is 10.2. The molecule has 1 aromatic carbocycles. The third-order valence-corrected chi connectivity index (χ3v) is 5.01. The first-order valence-corrected chi connectivity index (χ1v) is 9.05. The fourth-order valence-electron chi connectivity index (χ4n) is 2.47. The molecule has 0 saturated heterocycles. The molecule has 7 nitrogen and oxygen atoms in total. The van der Waals surface area contributed by atoms with E-state index in [1.807, 2.05) is 11.6 Å². The molecule has 1 aliphatic heterocycles. The van der Waals surface area contributed by atoms with Gasteiger partial charge >= 0.3 is 6.03 Å². The number of rotatable bonds is 5. The van der Waals surface area contributed by atoms with Gasteiger partial charge in [-0.2, -0.15) is 0 Å². The Hall–Kier alpha value is -2.09. The van der Waals surface area contributed by atoms with Crippen LogP contribution in [0.5, 0.6) is 0 Å². The molecule has 0 radical (unpaired) electrons. The average Bonchev–Trinajstić information content (AvgIpc) is 2.90. The zero-order chi connectivity index (χ0) is 17.0. The lowest BCUT2D eigenvalue weighted by Crippen LogP contribution is -2.39. The summed E-state index contributed by atoms with van der Waals surface area (Å²) in [7, 11) is -3.92. The van der Waals surface area contributed by atoms with E-state index in [9.17, 15) is 18.0 Å². The number of anilines is 1. The van der Waals surface area contributed by atoms with E-state index in [1.165, 1.54) is 19.1 Å². The molecule has 1 aliphatic rings. The predicted molar refractivity (Wildman–Crippen MR) is 86.8 cm³/mol. The van der Waals surface area contributed by atoms with Crippen LogP contribution in [-0.2, 0) is 21.2 Å². The van der Waals surface area contributed by atoms with Crippen molar-refractivity contribution in [3.8, 4) is 0 Å². The molecule has 0 spiro atoms. The Kier molecular flexibility index (Phi) is 5.25. The van der Waals surface area contributed by atoms with Crippen LogP contribution < -0.4 is 14.9 Å². The van der Waals surface area contributed by atoms with Gasteiger partial charge in [-0.15, -0.1) is 0 Å². The molecule has 0 bridgehead atoms. The molecule has 0 aliphatic carbocycles. The van der Waals surface area contributed by atoms with Crippen molar-refractivity contribution in [3.05, 3.63) is 23.8 Å². The number of carbonyl (C=O) groups excluding carboxylic acids is 2. The molecule has 0 saturated carbocycles. The maximum Gasteiger partial charge on any atom is 0.328 e. The number of amides is 3. The predicted octanol–water partition coefficient (Wildman–Crippen LogP) is 1.38. The second kappa shape index (κ2) is 6.99. The Morgan fingerprint density at radius 3 is 2.70 bits per heavy atom. The van der Waals surface area contributed by atoms with Crippen molar-refractivity contribution in [1.29, 1.82) is 0 Å². The lowest BCUT2D eigenvalue weighted by Gasteiger charge is -2.15. The minimum atomic E-state index is -3.92. The monoisotopic (exact) mass is 339 g/mol. The van der Waals surface area contributed by atoms with Gasteiger partial charge in [-0.3, -0.25) is 4.79 Å². The molecular formula is C15H21N3O4S. The highest BCUT2D eigenvalue weighted by molar-refractivity contribution is 7.90. The molecule has 23 heavy (non-hydrogen) atoms. The Labute approximate surface area is 136 Å². The topological polar surface area (TPSA) is 95.6 Å². The molecule has 3 amide bonds. The highest BCUT2D eigenvalue weighted by Gasteiger charge is 2.25. The number of benzene rings is 1. The number of nitrogens with one attached hydrogen (secondary N) is 2. The van der Waals surface area contributed by atoms with Crippen molar-refractivity contribution < 1.29 is 18.0 Å². The number of carbonyl (C=O) groups is 2. The first-order valence-electron chi connectivity index (χ1n) is 7.57. The normalized spacial score (nSPS) is 13.6. The summed E-state index contributed by atoms with van der Waals surface area (Å²) in [5.74, 6) is -0.0761. The van der Waals surface area contributed by atoms with Crippen LogP contribution >= 0.6 is 0 Å². The summed E-state index contributed by atoms with van der Waals surface area (Å²) in [5, 5.41) is 2.50. The maximum atomic E-state index is 12.2. The molecule has 8 heteroatoms. The van der Waals surface area contributed by atoms with Gasteiger partial charge in [-0.1, -0.05) is 13.3 Å². The number of fused-ring (bicyclic) bond motifs is 1. The van der Waals surface area contributed by atoms with Crippen LogP contribution in [0.2, 0.25) is 0 Å². The fraction of sp³-hybridized carbons (Fsp3) is 0.467. The molecule has 0 atom stereocenters. The van der Waals surface area contributed by atoms with E-state index in [1.54, 1.807) is 11.0 Å². The maximum absolute atomic E-state index is 12.2. The second-order valence-electron chi connectivity index (χ2n) is 5.43. The highest BCUT2D eigenvalue weighted by Crippen LogP contribution is 2.30. The van der Waals surface area contributed by atoms with Gasteiger partial charge in [0.1, 0.15) is 0 Å². The number of hydrogen-bond acceptors (Lipinski definition) is 4. The van der Waals surface area contributed by atoms with Gasteiger partial charge in [-0.25, -0.2) is 17.9 Å². The second-order valence-corrected chi connectivity index (χ2v) is 7.11. The third-order valence-electron chi connectivity index (χ3n) is 3.68. The van der Waals surface area contributed by atoms with Crippen molar-refractivity contribution in [2.75, 3.05) is 18.0 Å². The first kappa shape index (κ1) is 17.3. The lowest BCUT2D eigenvalue weighted by molar-refractivity contribution is -0.116. The van der Waals surface area contributed by atoms with E-state index in [2.05, 4.69) is 5.32 Å². The van der Waals surface area contributed by atoms with Crippen LogP contribution in [0.4, 0.5) is 10.5 Å². The molecule has 2 rings (SSSR count). The molecule has 0 unspecified atom stereocenters. The van der Waals surface area contributed by atoms with E-state index in [0.717, 1.165) is 24.1 Å². The molecule has 0 fully saturated rings. The summed E-state index contributed by atoms with van der Waals surface area (Å²) in [5.41, 5.74) is 1.51. The molecule has 1 aromatic rings. The van der Waals surface area contributed by atoms with Crippen molar-refractivity contribution in [2.24, 2.45) is 0 Å². The SMILES string of the molecule is CCCCNC(=O)NS(=O)(=O)c1ccc2c(c1)CCN2C(C)=O. The fourth-order valence-corrected chi connectivity index (χ4v) is 3.45. The van der Waals surface area contributed by atoms with Crippen LogP contribution in [0.3, 0.4) is 0 Å². The number of nitrogens with zero attached hydrogens (tertiary/aromatic N) is 1. The summed E-state index contributed by atoms with van der Waals surface area (Å²) >= 11 is 0. The largest absolute Gasteiger partial charge is 0.337 e. The van der Waals surface area contributed by atoms with E-state index >= 15 is 0 Å². The molecule has 0 aromatic heterocycles. The summed E-state index contributed by atoms with van der Waals surface area (Å²) in [6.07, 6.45) is 2.29. The van der Waals surface area contributed by atoms with Crippen molar-refractivity contribution in [3.63, 3.8) is 0 Å². The standard InChI is InChI=1S/C15H21N3O4S/c1-3-4-8-16-15(20)17-23(21,22)13-5-6-14-12(10-13)7-9-18(14)11(2)19/h5-6,10H,3-4,7-9H2,1-2H3,(H2,16,17,20). The Morgan fingerprint density at radius 1 is 1.30 bits per heavy atom. The Bertz CT molecular complexity index is 715. The summed E-state index contributed by atoms with van der Waals surface area (Å²) < 4.78 is 26.5. The average molecular weight is 339 g/mol. The van der Waals surface area contributed by atoms with Crippen molar-refractivity contribution in [1.82, 2.24) is 10.0 Å². The van der Waals surface area contributed by atoms with Gasteiger partial charge < -0.3 is 10.2 Å². The van der Waals surface area contributed by atoms with Crippen molar-refractivity contribution in [2.45, 2.75) is 38.0 Å². The Balaban J connectivity index is 2.12. The summed E-state index contributed by atoms with van der Waals surface area (Å²) in [6, 6.07) is 3.79. The quantitative estimate of drug-likeness (QED) is 0.792. The van der Waals surface area contributed by atoms with Gasteiger partial charge in [0.15, 0.2) is 0 Å². The van der Waals surface area contributed by atoms with E-state index in [-0.39, 0.29) is 10.8 Å². The van der Waals surface area contributed by atoms with E-state index < -0.39 is 16.1 Å². The molecule has 1 heterocycles. The first-order chi connectivity index (χ1) is 10.8. The van der Waals surface area contributed by atoms with Crippen LogP contribution in [0.25, 0.3) is 0 Å². The number of sulfonamides is 1. The zero-order valence-electron chi connectivity index (χ0n) is 13.3. The Morgan fingerprint density at radius 2 is 2.04 bits per heavy atom.